The molecule has 7 heteroatoms. The number of benzene rings is 2. The van der Waals surface area contributed by atoms with Crippen molar-refractivity contribution in [1.82, 2.24) is 0 Å². The van der Waals surface area contributed by atoms with Gasteiger partial charge in [0, 0.05) is 24.5 Å². The van der Waals surface area contributed by atoms with Crippen LogP contribution in [-0.4, -0.2) is 40.2 Å². The fourth-order valence-corrected chi connectivity index (χ4v) is 4.34. The lowest BCUT2D eigenvalue weighted by molar-refractivity contribution is -0.114. The average molecular weight is 402 g/mol. The summed E-state index contributed by atoms with van der Waals surface area (Å²) in [6.45, 7) is 5.58. The number of carbonyl (C=O) groups excluding carboxylic acids is 1. The highest BCUT2D eigenvalue weighted by molar-refractivity contribution is 7.92. The molecular formula is C21H27N3O3S. The second kappa shape index (κ2) is 8.22. The van der Waals surface area contributed by atoms with E-state index in [-0.39, 0.29) is 12.5 Å². The zero-order valence-corrected chi connectivity index (χ0v) is 17.4. The lowest BCUT2D eigenvalue weighted by Crippen LogP contribution is -2.37. The third kappa shape index (κ3) is 4.84. The van der Waals surface area contributed by atoms with Gasteiger partial charge in [-0.05, 0) is 68.1 Å². The smallest absolute Gasteiger partial charge is 0.245 e. The van der Waals surface area contributed by atoms with E-state index in [9.17, 15) is 13.2 Å². The fraction of sp³-hybridized carbons (Fsp3) is 0.381. The molecular weight excluding hydrogens is 374 g/mol. The summed E-state index contributed by atoms with van der Waals surface area (Å²) in [6.07, 6.45) is 3.53. The van der Waals surface area contributed by atoms with Gasteiger partial charge in [0.2, 0.25) is 15.9 Å². The van der Waals surface area contributed by atoms with Crippen molar-refractivity contribution >= 4 is 33.0 Å². The van der Waals surface area contributed by atoms with Crippen LogP contribution in [0.5, 0.6) is 0 Å². The van der Waals surface area contributed by atoms with Crippen LogP contribution in [0.3, 0.4) is 0 Å². The van der Waals surface area contributed by atoms with Crippen LogP contribution < -0.4 is 14.5 Å². The van der Waals surface area contributed by atoms with Crippen LogP contribution in [0.4, 0.5) is 17.1 Å². The summed E-state index contributed by atoms with van der Waals surface area (Å²) in [5.41, 5.74) is 4.07. The maximum Gasteiger partial charge on any atom is 0.245 e. The Labute approximate surface area is 167 Å². The van der Waals surface area contributed by atoms with Gasteiger partial charge in [-0.15, -0.1) is 0 Å². The highest BCUT2D eigenvalue weighted by Gasteiger charge is 2.22. The quantitative estimate of drug-likeness (QED) is 0.806. The first-order valence-electron chi connectivity index (χ1n) is 9.44. The van der Waals surface area contributed by atoms with Gasteiger partial charge in [0.15, 0.2) is 0 Å². The normalized spacial score (nSPS) is 14.2. The molecule has 0 atom stereocenters. The topological polar surface area (TPSA) is 69.7 Å². The van der Waals surface area contributed by atoms with Crippen LogP contribution in [0.2, 0.25) is 0 Å². The number of amides is 1. The Bertz CT molecular complexity index is 949. The van der Waals surface area contributed by atoms with Crippen molar-refractivity contribution in [2.75, 3.05) is 40.4 Å². The van der Waals surface area contributed by atoms with Crippen molar-refractivity contribution in [3.05, 3.63) is 53.6 Å². The standard InChI is InChI=1S/C21H27N3O3S/c1-16-6-7-17(2)20(14-16)24(28(3,26)27)15-21(25)22-18-8-10-19(11-9-18)23-12-4-5-13-23/h6-11,14H,4-5,12-13,15H2,1-3H3,(H,22,25). The van der Waals surface area contributed by atoms with Crippen LogP contribution in [-0.2, 0) is 14.8 Å². The van der Waals surface area contributed by atoms with Crippen molar-refractivity contribution in [3.8, 4) is 0 Å². The Hall–Kier alpha value is -2.54. The Morgan fingerprint density at radius 1 is 1.07 bits per heavy atom. The van der Waals surface area contributed by atoms with Gasteiger partial charge >= 0.3 is 0 Å². The Balaban J connectivity index is 1.73. The number of hydrogen-bond acceptors (Lipinski definition) is 4. The monoisotopic (exact) mass is 401 g/mol. The molecule has 0 unspecified atom stereocenters. The van der Waals surface area contributed by atoms with E-state index >= 15 is 0 Å². The highest BCUT2D eigenvalue weighted by Crippen LogP contribution is 2.25. The fourth-order valence-electron chi connectivity index (χ4n) is 3.43. The van der Waals surface area contributed by atoms with Crippen molar-refractivity contribution in [2.24, 2.45) is 0 Å². The summed E-state index contributed by atoms with van der Waals surface area (Å²) in [4.78, 5) is 14.9. The van der Waals surface area contributed by atoms with E-state index in [1.807, 2.05) is 50.2 Å². The number of rotatable bonds is 6. The molecule has 0 radical (unpaired) electrons. The van der Waals surface area contributed by atoms with Crippen molar-refractivity contribution < 1.29 is 13.2 Å². The van der Waals surface area contributed by atoms with Gasteiger partial charge < -0.3 is 10.2 Å². The van der Waals surface area contributed by atoms with Crippen molar-refractivity contribution in [2.45, 2.75) is 26.7 Å². The molecule has 0 bridgehead atoms. The lowest BCUT2D eigenvalue weighted by Gasteiger charge is -2.24. The van der Waals surface area contributed by atoms with Crippen molar-refractivity contribution in [1.29, 1.82) is 0 Å². The summed E-state index contributed by atoms with van der Waals surface area (Å²) in [5, 5.41) is 2.80. The predicted octanol–water partition coefficient (Wildman–Crippen LogP) is 3.31. The molecule has 28 heavy (non-hydrogen) atoms. The second-order valence-corrected chi connectivity index (χ2v) is 9.26. The molecule has 2 aromatic carbocycles. The van der Waals surface area contributed by atoms with Gasteiger partial charge in [0.1, 0.15) is 6.54 Å². The molecule has 1 heterocycles. The number of hydrogen-bond donors (Lipinski definition) is 1. The molecule has 6 nitrogen and oxygen atoms in total. The van der Waals surface area contributed by atoms with E-state index in [1.165, 1.54) is 12.8 Å². The van der Waals surface area contributed by atoms with Gasteiger partial charge in [0.25, 0.3) is 0 Å². The SMILES string of the molecule is Cc1ccc(C)c(N(CC(=O)Nc2ccc(N3CCCC3)cc2)S(C)(=O)=O)c1. The Morgan fingerprint density at radius 3 is 2.32 bits per heavy atom. The van der Waals surface area contributed by atoms with Crippen LogP contribution in [0, 0.1) is 13.8 Å². The molecule has 1 fully saturated rings. The molecule has 0 saturated carbocycles. The summed E-state index contributed by atoms with van der Waals surface area (Å²) in [7, 11) is -3.60. The van der Waals surface area contributed by atoms with E-state index < -0.39 is 10.0 Å². The van der Waals surface area contributed by atoms with Crippen LogP contribution in [0.1, 0.15) is 24.0 Å². The molecule has 0 spiro atoms. The number of carbonyl (C=O) groups is 1. The predicted molar refractivity (Wildman–Crippen MR) is 115 cm³/mol. The maximum atomic E-state index is 12.6. The summed E-state index contributed by atoms with van der Waals surface area (Å²) in [6, 6.07) is 13.2. The molecule has 3 rings (SSSR count). The number of sulfonamides is 1. The van der Waals surface area contributed by atoms with E-state index in [0.29, 0.717) is 11.4 Å². The second-order valence-electron chi connectivity index (χ2n) is 7.35. The first-order chi connectivity index (χ1) is 13.2. The summed E-state index contributed by atoms with van der Waals surface area (Å²) < 4.78 is 25.8. The molecule has 0 aliphatic carbocycles. The molecule has 2 aromatic rings. The van der Waals surface area contributed by atoms with E-state index in [2.05, 4.69) is 10.2 Å². The van der Waals surface area contributed by atoms with Gasteiger partial charge in [-0.2, -0.15) is 0 Å². The zero-order chi connectivity index (χ0) is 20.3. The van der Waals surface area contributed by atoms with Crippen molar-refractivity contribution in [3.63, 3.8) is 0 Å². The molecule has 1 amide bonds. The van der Waals surface area contributed by atoms with Crippen LogP contribution in [0.25, 0.3) is 0 Å². The maximum absolute atomic E-state index is 12.6. The number of nitrogens with zero attached hydrogens (tertiary/aromatic N) is 2. The highest BCUT2D eigenvalue weighted by atomic mass is 32.2. The Morgan fingerprint density at radius 2 is 1.71 bits per heavy atom. The third-order valence-electron chi connectivity index (χ3n) is 4.94. The minimum absolute atomic E-state index is 0.267. The number of anilines is 3. The number of nitrogens with one attached hydrogen (secondary N) is 1. The minimum atomic E-state index is -3.60. The van der Waals surface area contributed by atoms with E-state index in [0.717, 1.165) is 40.5 Å². The largest absolute Gasteiger partial charge is 0.372 e. The van der Waals surface area contributed by atoms with E-state index in [1.54, 1.807) is 6.07 Å². The molecule has 1 saturated heterocycles. The molecule has 1 aliphatic rings. The zero-order valence-electron chi connectivity index (χ0n) is 16.6. The van der Waals surface area contributed by atoms with Gasteiger partial charge in [-0.3, -0.25) is 9.10 Å². The van der Waals surface area contributed by atoms with Crippen LogP contribution >= 0.6 is 0 Å². The van der Waals surface area contributed by atoms with Crippen LogP contribution in [0.15, 0.2) is 42.5 Å². The third-order valence-corrected chi connectivity index (χ3v) is 6.07. The Kier molecular flexibility index (Phi) is 5.93. The van der Waals surface area contributed by atoms with E-state index in [4.69, 9.17) is 0 Å². The molecule has 150 valence electrons. The minimum Gasteiger partial charge on any atom is -0.372 e. The first-order valence-corrected chi connectivity index (χ1v) is 11.3. The summed E-state index contributed by atoms with van der Waals surface area (Å²) >= 11 is 0. The number of aryl methyl sites for hydroxylation is 2. The first kappa shape index (κ1) is 20.2. The van der Waals surface area contributed by atoms with Gasteiger partial charge in [-0.1, -0.05) is 12.1 Å². The molecule has 1 N–H and O–H groups in total. The molecule has 0 aromatic heterocycles. The molecule has 1 aliphatic heterocycles. The van der Waals surface area contributed by atoms with Gasteiger partial charge in [0.05, 0.1) is 11.9 Å². The lowest BCUT2D eigenvalue weighted by atomic mass is 10.1. The van der Waals surface area contributed by atoms with Gasteiger partial charge in [-0.25, -0.2) is 8.42 Å². The summed E-state index contributed by atoms with van der Waals surface area (Å²) in [5.74, 6) is -0.375. The average Bonchev–Trinajstić information content (AvgIpc) is 3.16.